The van der Waals surface area contributed by atoms with E-state index in [1.54, 1.807) is 6.07 Å². The predicted octanol–water partition coefficient (Wildman–Crippen LogP) is 0.212. The van der Waals surface area contributed by atoms with Gasteiger partial charge < -0.3 is 20.1 Å². The second-order valence-corrected chi connectivity index (χ2v) is 6.11. The maximum absolute atomic E-state index is 14.1. The molecule has 9 heteroatoms. The van der Waals surface area contributed by atoms with Gasteiger partial charge in [0.05, 0.1) is 11.8 Å². The third-order valence-electron chi connectivity index (χ3n) is 3.37. The first-order chi connectivity index (χ1) is 11.1. The van der Waals surface area contributed by atoms with Crippen molar-refractivity contribution in [1.82, 2.24) is 15.0 Å². The highest BCUT2D eigenvalue weighted by atomic mass is 32.2. The molecule has 0 spiro atoms. The molecule has 7 nitrogen and oxygen atoms in total. The first-order valence-electron chi connectivity index (χ1n) is 6.80. The summed E-state index contributed by atoms with van der Waals surface area (Å²) < 4.78 is 19.5. The van der Waals surface area contributed by atoms with E-state index in [-0.39, 0.29) is 11.5 Å². The number of nitrogens with zero attached hydrogens (tertiary/aromatic N) is 3. The minimum atomic E-state index is -1.34. The summed E-state index contributed by atoms with van der Waals surface area (Å²) in [5, 5.41) is 29.0. The first-order valence-corrected chi connectivity index (χ1v) is 7.85. The lowest BCUT2D eigenvalue weighted by atomic mass is 10.1. The fraction of sp³-hybridized carbons (Fsp3) is 0.357. The smallest absolute Gasteiger partial charge is 0.255 e. The third-order valence-corrected chi connectivity index (χ3v) is 4.61. The maximum Gasteiger partial charge on any atom is 0.255 e. The first kappa shape index (κ1) is 16.1. The van der Waals surface area contributed by atoms with Crippen molar-refractivity contribution in [3.8, 4) is 17.0 Å². The molecule has 2 aromatic rings. The second-order valence-electron chi connectivity index (χ2n) is 4.98. The van der Waals surface area contributed by atoms with Gasteiger partial charge in [-0.3, -0.25) is 0 Å². The van der Waals surface area contributed by atoms with E-state index in [2.05, 4.69) is 15.0 Å². The molecule has 23 heavy (non-hydrogen) atoms. The predicted molar refractivity (Wildman–Crippen MR) is 80.1 cm³/mol. The minimum absolute atomic E-state index is 0.147. The number of aliphatic hydroxyl groups excluding tert-OH is 3. The van der Waals surface area contributed by atoms with Gasteiger partial charge in [0, 0.05) is 23.7 Å². The number of rotatable bonds is 3. The van der Waals surface area contributed by atoms with E-state index >= 15 is 0 Å². The molecule has 0 radical (unpaired) electrons. The van der Waals surface area contributed by atoms with Crippen molar-refractivity contribution < 1.29 is 24.4 Å². The lowest BCUT2D eigenvalue weighted by Crippen LogP contribution is -2.50. The van der Waals surface area contributed by atoms with Crippen LogP contribution in [0.4, 0.5) is 4.39 Å². The lowest BCUT2D eigenvalue weighted by Gasteiger charge is -2.34. The van der Waals surface area contributed by atoms with Gasteiger partial charge in [0.15, 0.2) is 11.2 Å². The Balaban J connectivity index is 1.77. The Kier molecular flexibility index (Phi) is 4.71. The second kappa shape index (κ2) is 6.75. The molecule has 0 aliphatic carbocycles. The van der Waals surface area contributed by atoms with E-state index in [9.17, 15) is 19.7 Å². The van der Waals surface area contributed by atoms with Crippen LogP contribution in [0.1, 0.15) is 0 Å². The molecule has 3 heterocycles. The fourth-order valence-corrected chi connectivity index (χ4v) is 3.22. The molecule has 122 valence electrons. The molecule has 0 unspecified atom stereocenters. The van der Waals surface area contributed by atoms with Gasteiger partial charge in [0.2, 0.25) is 0 Å². The molecule has 0 bridgehead atoms. The van der Waals surface area contributed by atoms with E-state index in [0.29, 0.717) is 11.3 Å². The number of hydrogen-bond acceptors (Lipinski definition) is 8. The molecule has 2 aromatic heterocycles. The van der Waals surface area contributed by atoms with Crippen LogP contribution < -0.4 is 4.74 Å². The SMILES string of the molecule is O[C@@H]1[C@@H](O)[C@@H](Oc2ccc(-c3cncnc3)nc2F)SC[C@H]1O. The highest BCUT2D eigenvalue weighted by Gasteiger charge is 2.38. The molecule has 3 N–H and O–H groups in total. The van der Waals surface area contributed by atoms with E-state index in [1.165, 1.54) is 24.8 Å². The Morgan fingerprint density at radius 1 is 1.13 bits per heavy atom. The molecule has 0 saturated carbocycles. The lowest BCUT2D eigenvalue weighted by molar-refractivity contribution is -0.0790. The van der Waals surface area contributed by atoms with E-state index in [4.69, 9.17) is 4.74 Å². The topological polar surface area (TPSA) is 109 Å². The zero-order chi connectivity index (χ0) is 16.4. The summed E-state index contributed by atoms with van der Waals surface area (Å²) in [6.45, 7) is 0. The zero-order valence-electron chi connectivity index (χ0n) is 11.8. The van der Waals surface area contributed by atoms with Crippen molar-refractivity contribution >= 4 is 11.8 Å². The van der Waals surface area contributed by atoms with Gasteiger partial charge >= 0.3 is 0 Å². The highest BCUT2D eigenvalue weighted by Crippen LogP contribution is 2.30. The number of aliphatic hydroxyl groups is 3. The van der Waals surface area contributed by atoms with Crippen LogP contribution in [-0.2, 0) is 0 Å². The highest BCUT2D eigenvalue weighted by molar-refractivity contribution is 7.99. The van der Waals surface area contributed by atoms with Crippen LogP contribution in [0.2, 0.25) is 0 Å². The fourth-order valence-electron chi connectivity index (χ4n) is 2.11. The van der Waals surface area contributed by atoms with Crippen LogP contribution in [0, 0.1) is 5.95 Å². The standard InChI is InChI=1S/C14H14FN3O4S/c15-13-10(22-14-12(21)11(20)9(19)5-23-14)2-1-8(18-13)7-3-16-6-17-4-7/h1-4,6,9,11-12,14,19-21H,5H2/t9-,11+,12-,14+/m1/s1. The van der Waals surface area contributed by atoms with Gasteiger partial charge in [0.25, 0.3) is 5.95 Å². The molecule has 3 rings (SSSR count). The summed E-state index contributed by atoms with van der Waals surface area (Å²) in [4.78, 5) is 11.5. The van der Waals surface area contributed by atoms with Gasteiger partial charge in [-0.1, -0.05) is 0 Å². The van der Waals surface area contributed by atoms with Crippen LogP contribution in [0.15, 0.2) is 30.9 Å². The quantitative estimate of drug-likeness (QED) is 0.681. The number of aromatic nitrogens is 3. The number of hydrogen-bond donors (Lipinski definition) is 3. The van der Waals surface area contributed by atoms with Crippen molar-refractivity contribution in [3.63, 3.8) is 0 Å². The van der Waals surface area contributed by atoms with E-state index in [0.717, 1.165) is 11.8 Å². The number of ether oxygens (including phenoxy) is 1. The van der Waals surface area contributed by atoms with Gasteiger partial charge in [-0.2, -0.15) is 4.39 Å². The largest absolute Gasteiger partial charge is 0.472 e. The third kappa shape index (κ3) is 3.42. The van der Waals surface area contributed by atoms with E-state index < -0.39 is 29.7 Å². The van der Waals surface area contributed by atoms with Crippen molar-refractivity contribution in [2.45, 2.75) is 23.7 Å². The van der Waals surface area contributed by atoms with Gasteiger partial charge in [-0.05, 0) is 12.1 Å². The summed E-state index contributed by atoms with van der Waals surface area (Å²) >= 11 is 1.09. The molecule has 1 saturated heterocycles. The molecule has 1 aliphatic heterocycles. The summed E-state index contributed by atoms with van der Waals surface area (Å²) in [7, 11) is 0. The van der Waals surface area contributed by atoms with Gasteiger partial charge in [0.1, 0.15) is 18.5 Å². The Bertz CT molecular complexity index is 678. The van der Waals surface area contributed by atoms with Crippen LogP contribution >= 0.6 is 11.8 Å². The summed E-state index contributed by atoms with van der Waals surface area (Å²) in [5.41, 5.74) is 0.0157. The molecular weight excluding hydrogens is 325 g/mol. The molecular formula is C14H14FN3O4S. The van der Waals surface area contributed by atoms with Crippen LogP contribution in [-0.4, -0.2) is 59.8 Å². The Labute approximate surface area is 135 Å². The Morgan fingerprint density at radius 2 is 1.87 bits per heavy atom. The summed E-state index contributed by atoms with van der Waals surface area (Å²) in [6, 6.07) is 2.93. The summed E-state index contributed by atoms with van der Waals surface area (Å²) in [5.74, 6) is -0.817. The van der Waals surface area contributed by atoms with Gasteiger partial charge in [-0.15, -0.1) is 11.8 Å². The van der Waals surface area contributed by atoms with Crippen molar-refractivity contribution in [1.29, 1.82) is 0 Å². The molecule has 0 aromatic carbocycles. The van der Waals surface area contributed by atoms with Crippen LogP contribution in [0.3, 0.4) is 0 Å². The number of pyridine rings is 1. The normalized spacial score (nSPS) is 27.7. The van der Waals surface area contributed by atoms with Crippen molar-refractivity contribution in [2.75, 3.05) is 5.75 Å². The maximum atomic E-state index is 14.1. The van der Waals surface area contributed by atoms with E-state index in [1.807, 2.05) is 0 Å². The van der Waals surface area contributed by atoms with Crippen molar-refractivity contribution in [3.05, 3.63) is 36.8 Å². The molecule has 4 atom stereocenters. The Morgan fingerprint density at radius 3 is 2.57 bits per heavy atom. The van der Waals surface area contributed by atoms with Crippen molar-refractivity contribution in [2.24, 2.45) is 0 Å². The van der Waals surface area contributed by atoms with Crippen LogP contribution in [0.5, 0.6) is 5.75 Å². The summed E-state index contributed by atoms with van der Waals surface area (Å²) in [6.07, 6.45) is 0.669. The average molecular weight is 339 g/mol. The molecule has 1 fully saturated rings. The zero-order valence-corrected chi connectivity index (χ0v) is 12.6. The molecule has 1 aliphatic rings. The average Bonchev–Trinajstić information content (AvgIpc) is 2.57. The molecule has 0 amide bonds. The number of halogens is 1. The monoisotopic (exact) mass is 339 g/mol. The number of thioether (sulfide) groups is 1. The Hall–Kier alpha value is -1.81. The van der Waals surface area contributed by atoms with Crippen LogP contribution in [0.25, 0.3) is 11.3 Å². The minimum Gasteiger partial charge on any atom is -0.472 e. The van der Waals surface area contributed by atoms with Gasteiger partial charge in [-0.25, -0.2) is 15.0 Å².